The Morgan fingerprint density at radius 3 is 2.20 bits per heavy atom. The smallest absolute Gasteiger partial charge is 0.210 e. The largest absolute Gasteiger partial charge is 0.494 e. The van der Waals surface area contributed by atoms with Crippen molar-refractivity contribution >= 4 is 0 Å². The molecule has 0 unspecified atom stereocenters. The van der Waals surface area contributed by atoms with Gasteiger partial charge in [-0.15, -0.1) is 0 Å². The van der Waals surface area contributed by atoms with Gasteiger partial charge in [0.25, 0.3) is 0 Å². The van der Waals surface area contributed by atoms with Crippen molar-refractivity contribution in [3.8, 4) is 5.75 Å². The number of nitrogens with two attached hydrogens (primary N) is 1. The minimum Gasteiger partial charge on any atom is -0.494 e. The lowest BCUT2D eigenvalue weighted by atomic mass is 9.53. The Hall–Kier alpha value is -1.14. The molecule has 164 valence electrons. The third-order valence-corrected chi connectivity index (χ3v) is 8.66. The third kappa shape index (κ3) is 3.21. The van der Waals surface area contributed by atoms with Crippen LogP contribution in [0, 0.1) is 23.7 Å². The normalized spacial score (nSPS) is 44.2. The van der Waals surface area contributed by atoms with Crippen LogP contribution in [0.5, 0.6) is 5.75 Å². The van der Waals surface area contributed by atoms with Crippen LogP contribution in [0.25, 0.3) is 0 Å². The second-order valence-corrected chi connectivity index (χ2v) is 10.5. The van der Waals surface area contributed by atoms with E-state index in [1.165, 1.54) is 37.7 Å². The number of hydrogen-bond acceptors (Lipinski definition) is 5. The summed E-state index contributed by atoms with van der Waals surface area (Å²) in [5.74, 6) is 3.41. The predicted molar refractivity (Wildman–Crippen MR) is 113 cm³/mol. The van der Waals surface area contributed by atoms with Gasteiger partial charge in [-0.2, -0.15) is 9.78 Å². The molecule has 0 radical (unpaired) electrons. The van der Waals surface area contributed by atoms with E-state index in [0.717, 1.165) is 49.7 Å². The van der Waals surface area contributed by atoms with Gasteiger partial charge >= 0.3 is 0 Å². The molecule has 5 saturated carbocycles. The molecule has 5 nitrogen and oxygen atoms in total. The number of ether oxygens (including phenoxy) is 2. The second kappa shape index (κ2) is 7.47. The van der Waals surface area contributed by atoms with Crippen LogP contribution in [0.2, 0.25) is 0 Å². The molecule has 7 rings (SSSR count). The van der Waals surface area contributed by atoms with Gasteiger partial charge in [0.05, 0.1) is 6.61 Å². The minimum atomic E-state index is -0.517. The zero-order valence-corrected chi connectivity index (χ0v) is 17.9. The van der Waals surface area contributed by atoms with Crippen molar-refractivity contribution in [3.63, 3.8) is 0 Å². The molecule has 2 N–H and O–H groups in total. The monoisotopic (exact) mass is 413 g/mol. The predicted octanol–water partition coefficient (Wildman–Crippen LogP) is 4.90. The van der Waals surface area contributed by atoms with Crippen LogP contribution in [0.1, 0.15) is 75.7 Å². The summed E-state index contributed by atoms with van der Waals surface area (Å²) >= 11 is 0. The van der Waals surface area contributed by atoms with Crippen LogP contribution in [-0.2, 0) is 14.5 Å². The summed E-state index contributed by atoms with van der Waals surface area (Å²) in [5.41, 5.74) is 6.92. The summed E-state index contributed by atoms with van der Waals surface area (Å²) in [6, 6.07) is 8.61. The molecule has 1 aliphatic heterocycles. The summed E-state index contributed by atoms with van der Waals surface area (Å²) in [6.45, 7) is 1.35. The summed E-state index contributed by atoms with van der Waals surface area (Å²) in [5, 5.41) is 0. The molecule has 4 bridgehead atoms. The van der Waals surface area contributed by atoms with E-state index in [1.807, 2.05) is 0 Å². The molecule has 6 fully saturated rings. The Morgan fingerprint density at radius 2 is 1.57 bits per heavy atom. The fourth-order valence-corrected chi connectivity index (χ4v) is 7.30. The Balaban J connectivity index is 1.09. The summed E-state index contributed by atoms with van der Waals surface area (Å²) in [6.07, 6.45) is 11.4. The molecule has 0 atom stereocenters. The van der Waals surface area contributed by atoms with E-state index in [9.17, 15) is 0 Å². The lowest BCUT2D eigenvalue weighted by molar-refractivity contribution is -0.390. The van der Waals surface area contributed by atoms with E-state index >= 15 is 0 Å². The van der Waals surface area contributed by atoms with Crippen molar-refractivity contribution in [1.29, 1.82) is 0 Å². The molecule has 0 aromatic heterocycles. The molecule has 0 amide bonds. The molecular formula is C25H35NO4. The first-order chi connectivity index (χ1) is 14.7. The number of hydrogen-bond donors (Lipinski definition) is 1. The number of rotatable bonds is 5. The van der Waals surface area contributed by atoms with Gasteiger partial charge in [-0.3, -0.25) is 0 Å². The van der Waals surface area contributed by atoms with Crippen LogP contribution in [-0.4, -0.2) is 24.7 Å². The summed E-state index contributed by atoms with van der Waals surface area (Å²) in [4.78, 5) is 12.2. The Labute approximate surface area is 179 Å². The summed E-state index contributed by atoms with van der Waals surface area (Å²) in [7, 11) is 0. The maximum atomic E-state index is 6.84. The molecule has 1 aromatic carbocycles. The first kappa shape index (κ1) is 19.5. The number of benzene rings is 1. The zero-order chi connectivity index (χ0) is 20.2. The Bertz CT molecular complexity index is 727. The first-order valence-corrected chi connectivity index (χ1v) is 12.2. The molecule has 1 saturated heterocycles. The molecule has 2 spiro atoms. The van der Waals surface area contributed by atoms with Gasteiger partial charge in [-0.1, -0.05) is 12.1 Å². The molecule has 1 aromatic rings. The van der Waals surface area contributed by atoms with Gasteiger partial charge in [0.1, 0.15) is 5.75 Å². The quantitative estimate of drug-likeness (QED) is 0.549. The van der Waals surface area contributed by atoms with E-state index in [-0.39, 0.29) is 0 Å². The van der Waals surface area contributed by atoms with Gasteiger partial charge in [0, 0.05) is 24.7 Å². The molecular weight excluding hydrogens is 378 g/mol. The van der Waals surface area contributed by atoms with E-state index in [1.54, 1.807) is 0 Å². The highest BCUT2D eigenvalue weighted by Gasteiger charge is 2.66. The summed E-state index contributed by atoms with van der Waals surface area (Å²) < 4.78 is 12.6. The Morgan fingerprint density at radius 1 is 0.900 bits per heavy atom. The fourth-order valence-electron chi connectivity index (χ4n) is 7.30. The average Bonchev–Trinajstić information content (AvgIpc) is 3.13. The fraction of sp³-hybridized carbons (Fsp3) is 0.760. The second-order valence-electron chi connectivity index (χ2n) is 10.5. The van der Waals surface area contributed by atoms with Gasteiger partial charge in [0.15, 0.2) is 0 Å². The zero-order valence-electron chi connectivity index (χ0n) is 17.9. The van der Waals surface area contributed by atoms with Crippen molar-refractivity contribution in [2.24, 2.45) is 29.4 Å². The maximum Gasteiger partial charge on any atom is 0.210 e. The van der Waals surface area contributed by atoms with Gasteiger partial charge < -0.3 is 15.2 Å². The lowest BCUT2D eigenvalue weighted by Gasteiger charge is -2.57. The minimum absolute atomic E-state index is 0.442. The van der Waals surface area contributed by atoms with Crippen molar-refractivity contribution in [2.75, 3.05) is 13.2 Å². The van der Waals surface area contributed by atoms with Crippen LogP contribution in [0.4, 0.5) is 0 Å². The molecule has 30 heavy (non-hydrogen) atoms. The highest BCUT2D eigenvalue weighted by molar-refractivity contribution is 5.30. The van der Waals surface area contributed by atoms with Crippen LogP contribution >= 0.6 is 0 Å². The van der Waals surface area contributed by atoms with Crippen molar-refractivity contribution in [2.45, 2.75) is 81.7 Å². The van der Waals surface area contributed by atoms with Crippen LogP contribution < -0.4 is 10.5 Å². The van der Waals surface area contributed by atoms with Gasteiger partial charge in [-0.05, 0) is 93.4 Å². The third-order valence-electron chi connectivity index (χ3n) is 8.66. The SMILES string of the molecule is NCCCOc1ccc(C2CCC3(CC2)OOC2(O3)C3CC4CC(C3)CC2C4)cc1. The van der Waals surface area contributed by atoms with E-state index in [2.05, 4.69) is 24.3 Å². The average molecular weight is 414 g/mol. The highest BCUT2D eigenvalue weighted by atomic mass is 17.3. The highest BCUT2D eigenvalue weighted by Crippen LogP contribution is 2.64. The van der Waals surface area contributed by atoms with E-state index in [0.29, 0.717) is 30.9 Å². The van der Waals surface area contributed by atoms with E-state index < -0.39 is 11.6 Å². The van der Waals surface area contributed by atoms with Crippen molar-refractivity contribution in [1.82, 2.24) is 0 Å². The molecule has 5 heteroatoms. The lowest BCUT2D eigenvalue weighted by Crippen LogP contribution is -2.59. The van der Waals surface area contributed by atoms with Crippen LogP contribution in [0.15, 0.2) is 24.3 Å². The first-order valence-electron chi connectivity index (χ1n) is 12.2. The molecule has 6 aliphatic rings. The van der Waals surface area contributed by atoms with Gasteiger partial charge in [-0.25, -0.2) is 0 Å². The Kier molecular flexibility index (Phi) is 4.87. The molecule has 1 heterocycles. The van der Waals surface area contributed by atoms with Crippen molar-refractivity contribution in [3.05, 3.63) is 29.8 Å². The topological polar surface area (TPSA) is 62.9 Å². The maximum absolute atomic E-state index is 6.84. The van der Waals surface area contributed by atoms with Crippen LogP contribution in [0.3, 0.4) is 0 Å². The van der Waals surface area contributed by atoms with Gasteiger partial charge in [0.2, 0.25) is 11.6 Å². The molecule has 5 aliphatic carbocycles. The van der Waals surface area contributed by atoms with E-state index in [4.69, 9.17) is 25.0 Å². The standard InChI is InChI=1S/C25H35NO4/c26-10-1-11-27-23-4-2-19(3-5-23)20-6-8-24(9-7-20)28-25(30-29-24)21-13-17-12-18(15-21)16-22(25)14-17/h2-5,17-18,20-22H,1,6-16,26H2. The van der Waals surface area contributed by atoms with Crippen molar-refractivity contribution < 1.29 is 19.2 Å².